The molecule has 2 aromatic carbocycles. The molecule has 0 unspecified atom stereocenters. The van der Waals surface area contributed by atoms with E-state index in [1.165, 1.54) is 17.1 Å². The third-order valence-corrected chi connectivity index (χ3v) is 5.37. The summed E-state index contributed by atoms with van der Waals surface area (Å²) >= 11 is 0. The number of carbonyl (C=O) groups excluding carboxylic acids is 1. The van der Waals surface area contributed by atoms with Crippen molar-refractivity contribution in [3.8, 4) is 5.75 Å². The third kappa shape index (κ3) is 3.36. The number of hydrogen-bond acceptors (Lipinski definition) is 4. The van der Waals surface area contributed by atoms with Gasteiger partial charge in [0.1, 0.15) is 11.6 Å². The first-order chi connectivity index (χ1) is 13.6. The van der Waals surface area contributed by atoms with Crippen molar-refractivity contribution in [1.82, 2.24) is 5.01 Å². The van der Waals surface area contributed by atoms with Gasteiger partial charge >= 0.3 is 0 Å². The predicted molar refractivity (Wildman–Crippen MR) is 105 cm³/mol. The van der Waals surface area contributed by atoms with Crippen LogP contribution in [0.15, 0.2) is 54.6 Å². The van der Waals surface area contributed by atoms with E-state index < -0.39 is 11.9 Å². The lowest BCUT2D eigenvalue weighted by molar-refractivity contribution is -0.121. The second kappa shape index (κ2) is 7.64. The molecular formula is C22H23FN2O3. The average molecular weight is 382 g/mol. The quantitative estimate of drug-likeness (QED) is 0.875. The van der Waals surface area contributed by atoms with Crippen LogP contribution >= 0.6 is 0 Å². The van der Waals surface area contributed by atoms with Crippen LogP contribution in [0.2, 0.25) is 0 Å². The van der Waals surface area contributed by atoms with Crippen molar-refractivity contribution >= 4 is 17.3 Å². The summed E-state index contributed by atoms with van der Waals surface area (Å²) in [6.07, 6.45) is 3.85. The predicted octanol–water partition coefficient (Wildman–Crippen LogP) is 3.74. The molecule has 0 saturated heterocycles. The number of aliphatic hydroxyl groups is 1. The van der Waals surface area contributed by atoms with Crippen LogP contribution in [0.3, 0.4) is 0 Å². The Kier molecular flexibility index (Phi) is 5.05. The molecule has 1 aliphatic carbocycles. The van der Waals surface area contributed by atoms with E-state index in [0.717, 1.165) is 29.9 Å². The fourth-order valence-electron chi connectivity index (χ4n) is 4.01. The summed E-state index contributed by atoms with van der Waals surface area (Å²) in [6, 6.07) is 13.3. The minimum Gasteiger partial charge on any atom is -0.497 e. The number of aliphatic hydroxyl groups excluding tert-OH is 1. The number of methoxy groups -OCH3 is 1. The first-order valence-electron chi connectivity index (χ1n) is 9.49. The first kappa shape index (κ1) is 18.5. The van der Waals surface area contributed by atoms with Crippen LogP contribution in [0.1, 0.15) is 31.2 Å². The second-order valence-corrected chi connectivity index (χ2v) is 7.12. The van der Waals surface area contributed by atoms with Crippen molar-refractivity contribution in [2.24, 2.45) is 0 Å². The number of hydrazine groups is 1. The summed E-state index contributed by atoms with van der Waals surface area (Å²) in [6.45, 7) is 0. The number of ether oxygens (including phenoxy) is 1. The smallest absolute Gasteiger partial charge is 0.249 e. The maximum Gasteiger partial charge on any atom is 0.249 e. The molecule has 1 saturated carbocycles. The van der Waals surface area contributed by atoms with Crippen LogP contribution < -0.4 is 9.75 Å². The van der Waals surface area contributed by atoms with Gasteiger partial charge in [-0.1, -0.05) is 6.07 Å². The molecule has 1 fully saturated rings. The zero-order valence-corrected chi connectivity index (χ0v) is 15.7. The molecule has 0 radical (unpaired) electrons. The van der Waals surface area contributed by atoms with E-state index in [2.05, 4.69) is 0 Å². The van der Waals surface area contributed by atoms with E-state index in [9.17, 15) is 14.3 Å². The molecule has 1 aliphatic heterocycles. The van der Waals surface area contributed by atoms with E-state index in [0.29, 0.717) is 12.1 Å². The molecule has 2 aromatic rings. The van der Waals surface area contributed by atoms with Gasteiger partial charge in [0.2, 0.25) is 5.91 Å². The lowest BCUT2D eigenvalue weighted by atomic mass is 10.0. The van der Waals surface area contributed by atoms with Crippen molar-refractivity contribution in [2.45, 2.75) is 37.8 Å². The van der Waals surface area contributed by atoms with Crippen LogP contribution in [0.4, 0.5) is 10.1 Å². The topological polar surface area (TPSA) is 53.0 Å². The molecule has 28 heavy (non-hydrogen) atoms. The van der Waals surface area contributed by atoms with E-state index in [1.807, 2.05) is 35.4 Å². The van der Waals surface area contributed by atoms with Gasteiger partial charge in [-0.3, -0.25) is 9.80 Å². The van der Waals surface area contributed by atoms with E-state index in [1.54, 1.807) is 19.2 Å². The molecule has 1 N–H and O–H groups in total. The summed E-state index contributed by atoms with van der Waals surface area (Å²) in [7, 11) is 1.61. The highest BCUT2D eigenvalue weighted by Crippen LogP contribution is 2.38. The van der Waals surface area contributed by atoms with Crippen LogP contribution in [0.5, 0.6) is 5.75 Å². The fraction of sp³-hybridized carbons (Fsp3) is 0.318. The highest BCUT2D eigenvalue weighted by atomic mass is 19.1. The van der Waals surface area contributed by atoms with Crippen molar-refractivity contribution < 1.29 is 19.0 Å². The van der Waals surface area contributed by atoms with Gasteiger partial charge in [-0.2, -0.15) is 0 Å². The monoisotopic (exact) mass is 382 g/mol. The Morgan fingerprint density at radius 2 is 1.93 bits per heavy atom. The Labute approximate surface area is 163 Å². The highest BCUT2D eigenvalue weighted by Gasteiger charge is 2.40. The van der Waals surface area contributed by atoms with Gasteiger partial charge < -0.3 is 9.84 Å². The fourth-order valence-corrected chi connectivity index (χ4v) is 4.01. The number of amides is 1. The lowest BCUT2D eigenvalue weighted by Crippen LogP contribution is -2.55. The zero-order chi connectivity index (χ0) is 19.7. The van der Waals surface area contributed by atoms with Gasteiger partial charge in [-0.25, -0.2) is 9.40 Å². The number of hydrogen-bond donors (Lipinski definition) is 1. The molecule has 0 spiro atoms. The van der Waals surface area contributed by atoms with Crippen molar-refractivity contribution in [3.05, 3.63) is 66.0 Å². The standard InChI is InChI=1S/C22H23FN2O3/c1-28-18-10-8-15(9-11-18)19-12-13-22(27)24(17-5-2-4-16(23)14-17)25(19)20-6-3-7-21(20)26/h2,4-5,8-12,14,20-21,26H,3,6-7,13H2,1H3/t20-,21-/m1/s1. The largest absolute Gasteiger partial charge is 0.497 e. The molecule has 0 bridgehead atoms. The lowest BCUT2D eigenvalue weighted by Gasteiger charge is -2.45. The Balaban J connectivity index is 1.80. The van der Waals surface area contributed by atoms with Crippen molar-refractivity contribution in [2.75, 3.05) is 12.1 Å². The van der Waals surface area contributed by atoms with Crippen LogP contribution in [0, 0.1) is 5.82 Å². The number of anilines is 1. The molecule has 6 heteroatoms. The van der Waals surface area contributed by atoms with Gasteiger partial charge in [0.25, 0.3) is 0 Å². The van der Waals surface area contributed by atoms with Gasteiger partial charge in [0.15, 0.2) is 0 Å². The van der Waals surface area contributed by atoms with Crippen molar-refractivity contribution in [1.29, 1.82) is 0 Å². The molecule has 1 amide bonds. The average Bonchev–Trinajstić information content (AvgIpc) is 3.13. The summed E-state index contributed by atoms with van der Waals surface area (Å²) in [5.41, 5.74) is 2.20. The van der Waals surface area contributed by atoms with Crippen molar-refractivity contribution in [3.63, 3.8) is 0 Å². The molecule has 4 rings (SSSR count). The van der Waals surface area contributed by atoms with Gasteiger partial charge in [-0.05, 0) is 73.4 Å². The summed E-state index contributed by atoms with van der Waals surface area (Å²) in [4.78, 5) is 12.9. The minimum absolute atomic E-state index is 0.151. The molecule has 2 aliphatic rings. The molecule has 5 nitrogen and oxygen atoms in total. The second-order valence-electron chi connectivity index (χ2n) is 7.12. The summed E-state index contributed by atoms with van der Waals surface area (Å²) in [5.74, 6) is 0.186. The highest BCUT2D eigenvalue weighted by molar-refractivity contribution is 5.98. The van der Waals surface area contributed by atoms with Gasteiger partial charge in [0.05, 0.1) is 30.6 Å². The van der Waals surface area contributed by atoms with E-state index in [-0.39, 0.29) is 18.4 Å². The SMILES string of the molecule is COc1ccc(C2=CCC(=O)N(c3cccc(F)c3)N2[C@@H]2CCC[C@H]2O)cc1. The Morgan fingerprint density at radius 3 is 2.57 bits per heavy atom. The van der Waals surface area contributed by atoms with E-state index >= 15 is 0 Å². The molecule has 146 valence electrons. The number of rotatable bonds is 4. The number of carbonyl (C=O) groups is 1. The van der Waals surface area contributed by atoms with Gasteiger partial charge in [-0.15, -0.1) is 0 Å². The Bertz CT molecular complexity index is 897. The van der Waals surface area contributed by atoms with Crippen LogP contribution in [0.25, 0.3) is 5.70 Å². The number of benzene rings is 2. The normalized spacial score (nSPS) is 22.4. The Morgan fingerprint density at radius 1 is 1.14 bits per heavy atom. The minimum atomic E-state index is -0.552. The molecular weight excluding hydrogens is 359 g/mol. The molecule has 0 aromatic heterocycles. The number of nitrogens with zero attached hydrogens (tertiary/aromatic N) is 2. The van der Waals surface area contributed by atoms with Crippen LogP contribution in [-0.2, 0) is 4.79 Å². The number of halogens is 1. The molecule has 2 atom stereocenters. The van der Waals surface area contributed by atoms with E-state index in [4.69, 9.17) is 4.74 Å². The maximum atomic E-state index is 13.9. The van der Waals surface area contributed by atoms with Crippen LogP contribution in [-0.4, -0.2) is 35.3 Å². The third-order valence-electron chi connectivity index (χ3n) is 5.37. The summed E-state index contributed by atoms with van der Waals surface area (Å²) in [5, 5.41) is 14.0. The van der Waals surface area contributed by atoms with Gasteiger partial charge in [0, 0.05) is 6.42 Å². The molecule has 1 heterocycles. The zero-order valence-electron chi connectivity index (χ0n) is 15.7. The summed E-state index contributed by atoms with van der Waals surface area (Å²) < 4.78 is 19.1. The maximum absolute atomic E-state index is 13.9. The first-order valence-corrected chi connectivity index (χ1v) is 9.49. The Hall–Kier alpha value is -2.86.